The first-order chi connectivity index (χ1) is 30.4. The van der Waals surface area contributed by atoms with Gasteiger partial charge in [-0.05, 0) is 180 Å². The van der Waals surface area contributed by atoms with Crippen LogP contribution in [0, 0.1) is 10.8 Å². The molecule has 1 spiro atoms. The molecule has 0 N–H and O–H groups in total. The molecule has 4 nitrogen and oxygen atoms in total. The molecule has 2 bridgehead atoms. The van der Waals surface area contributed by atoms with Gasteiger partial charge in [-0.15, -0.1) is 22.7 Å². The number of hydrogen-bond acceptors (Lipinski definition) is 6. The van der Waals surface area contributed by atoms with E-state index >= 15 is 0 Å². The summed E-state index contributed by atoms with van der Waals surface area (Å²) >= 11 is 3.72. The van der Waals surface area contributed by atoms with Crippen LogP contribution in [-0.2, 0) is 26.2 Å². The molecule has 6 aromatic rings. The zero-order valence-electron chi connectivity index (χ0n) is 37.2. The van der Waals surface area contributed by atoms with Crippen molar-refractivity contribution >= 4 is 34.4 Å². The number of ether oxygens (including phenoxy) is 2. The number of esters is 1. The van der Waals surface area contributed by atoms with E-state index in [0.29, 0.717) is 30.8 Å². The van der Waals surface area contributed by atoms with E-state index in [1.807, 2.05) is 22.7 Å². The Bertz CT molecular complexity index is 2680. The number of carbonyl (C=O) groups is 2. The zero-order chi connectivity index (χ0) is 43.9. The maximum atomic E-state index is 12.3. The van der Waals surface area contributed by atoms with Crippen LogP contribution in [0.15, 0.2) is 133 Å². The number of fused-ring (bicyclic) bond motifs is 3. The Kier molecular flexibility index (Phi) is 11.8. The molecule has 322 valence electrons. The van der Waals surface area contributed by atoms with Crippen molar-refractivity contribution < 1.29 is 19.1 Å². The van der Waals surface area contributed by atoms with Crippen molar-refractivity contribution in [2.24, 2.45) is 10.8 Å². The molecule has 4 aromatic carbocycles. The second kappa shape index (κ2) is 17.3. The Morgan fingerprint density at radius 1 is 0.556 bits per heavy atom. The van der Waals surface area contributed by atoms with E-state index in [-0.39, 0.29) is 28.0 Å². The van der Waals surface area contributed by atoms with E-state index in [2.05, 4.69) is 136 Å². The summed E-state index contributed by atoms with van der Waals surface area (Å²) < 4.78 is 11.3. The molecule has 0 atom stereocenters. The number of hydrogen-bond donors (Lipinski definition) is 0. The summed E-state index contributed by atoms with van der Waals surface area (Å²) in [7, 11) is 0. The highest BCUT2D eigenvalue weighted by molar-refractivity contribution is 7.19. The van der Waals surface area contributed by atoms with Gasteiger partial charge in [0.25, 0.3) is 0 Å². The smallest absolute Gasteiger partial charge is 0.333 e. The summed E-state index contributed by atoms with van der Waals surface area (Å²) in [4.78, 5) is 28.9. The Morgan fingerprint density at radius 2 is 1.00 bits per heavy atom. The molecule has 0 unspecified atom stereocenters. The lowest BCUT2D eigenvalue weighted by atomic mass is 9.57. The molecule has 2 saturated carbocycles. The van der Waals surface area contributed by atoms with Gasteiger partial charge < -0.3 is 9.47 Å². The van der Waals surface area contributed by atoms with Crippen molar-refractivity contribution in [1.82, 2.24) is 0 Å². The molecule has 9 rings (SSSR count). The summed E-state index contributed by atoms with van der Waals surface area (Å²) in [6.07, 6.45) is 10.5. The second-order valence-electron chi connectivity index (χ2n) is 18.9. The summed E-state index contributed by atoms with van der Waals surface area (Å²) in [5, 5.41) is 0. The number of unbranched alkanes of at least 4 members (excludes halogenated alkanes) is 4. The van der Waals surface area contributed by atoms with Gasteiger partial charge in [-0.25, -0.2) is 4.79 Å². The quantitative estimate of drug-likeness (QED) is 0.0520. The van der Waals surface area contributed by atoms with Gasteiger partial charge in [0.15, 0.2) is 5.78 Å². The van der Waals surface area contributed by atoms with Crippen molar-refractivity contribution in [3.8, 4) is 58.6 Å². The summed E-state index contributed by atoms with van der Waals surface area (Å²) in [5.41, 5.74) is 13.3. The number of benzene rings is 4. The van der Waals surface area contributed by atoms with Crippen LogP contribution in [0.25, 0.3) is 52.9 Å². The lowest BCUT2D eigenvalue weighted by Crippen LogP contribution is -2.42. The monoisotopic (exact) mass is 870 g/mol. The number of allylic oxidation sites excluding steroid dienone is 1. The third-order valence-electron chi connectivity index (χ3n) is 14.5. The van der Waals surface area contributed by atoms with Gasteiger partial charge in [-0.1, -0.05) is 94.8 Å². The van der Waals surface area contributed by atoms with E-state index in [0.717, 1.165) is 43.4 Å². The first-order valence-electron chi connectivity index (χ1n) is 22.7. The first kappa shape index (κ1) is 43.0. The van der Waals surface area contributed by atoms with Crippen molar-refractivity contribution in [2.45, 2.75) is 97.3 Å². The molecule has 2 aromatic heterocycles. The summed E-state index contributed by atoms with van der Waals surface area (Å²) in [6.45, 7) is 17.2. The number of carbonyl (C=O) groups excluding carboxylic acids is 2. The fraction of sp³-hybridized carbons (Fsp3) is 0.333. The first-order valence-corrected chi connectivity index (χ1v) is 24.4. The molecule has 3 aliphatic carbocycles. The topological polar surface area (TPSA) is 52.6 Å². The predicted octanol–water partition coefficient (Wildman–Crippen LogP) is 15.5. The summed E-state index contributed by atoms with van der Waals surface area (Å²) in [5.74, 6) is 0.691. The highest BCUT2D eigenvalue weighted by Crippen LogP contribution is 2.78. The SMILES string of the molecule is C=C(C)C(=O)Cc1ccc(-c2ccc(-c3ccc4c(c3)C3(c5cc(-c6ccc(-c7ccc(OCCCCCCCOC(=O)C(=C)C)cc7)s6)ccc5-4)C4(C)CCC3(C)CC4)s2)cc1. The van der Waals surface area contributed by atoms with Crippen LogP contribution in [0.4, 0.5) is 0 Å². The number of rotatable bonds is 17. The van der Waals surface area contributed by atoms with Gasteiger partial charge in [0.2, 0.25) is 0 Å². The average Bonchev–Trinajstić information content (AvgIpc) is 4.11. The van der Waals surface area contributed by atoms with Crippen LogP contribution in [-0.4, -0.2) is 25.0 Å². The number of Topliss-reactive ketones (excluding diaryl/α,β-unsaturated/α-hetero) is 1. The molecule has 2 fully saturated rings. The fourth-order valence-corrected chi connectivity index (χ4v) is 13.1. The normalized spacial score (nSPS) is 20.4. The van der Waals surface area contributed by atoms with Crippen LogP contribution in [0.3, 0.4) is 0 Å². The van der Waals surface area contributed by atoms with E-state index in [4.69, 9.17) is 9.47 Å². The molecular weight excluding hydrogens is 813 g/mol. The molecule has 3 aliphatic rings. The minimum absolute atomic E-state index is 0.0368. The number of thiophene rings is 2. The van der Waals surface area contributed by atoms with Gasteiger partial charge in [0, 0.05) is 36.9 Å². The molecule has 2 heterocycles. The van der Waals surface area contributed by atoms with Crippen molar-refractivity contribution in [3.05, 3.63) is 150 Å². The minimum Gasteiger partial charge on any atom is -0.494 e. The average molecular weight is 871 g/mol. The lowest BCUT2D eigenvalue weighted by molar-refractivity contribution is -0.139. The Hall–Kier alpha value is -5.30. The Balaban J connectivity index is 0.906. The van der Waals surface area contributed by atoms with Crippen LogP contribution >= 0.6 is 22.7 Å². The molecule has 63 heavy (non-hydrogen) atoms. The van der Waals surface area contributed by atoms with Gasteiger partial charge in [-0.2, -0.15) is 0 Å². The standard InChI is InChI=1S/C57H58O4S2/c1-37(2)49(58)34-39-12-14-40(15-13-39)50-24-26-52(62-50)42-18-22-45-46-23-19-43(36-48(46)57(47(45)35-42)55(5)28-30-56(57,6)31-29-55)53-27-25-51(63-53)41-16-20-44(21-17-41)60-32-10-8-7-9-11-33-61-54(59)38(3)4/h12-27,35-36H,1,3,7-11,28-34H2,2,4-6H3. The highest BCUT2D eigenvalue weighted by atomic mass is 32.1. The Labute approximate surface area is 381 Å². The van der Waals surface area contributed by atoms with Gasteiger partial charge in [-0.3, -0.25) is 4.79 Å². The maximum Gasteiger partial charge on any atom is 0.333 e. The van der Waals surface area contributed by atoms with Crippen LogP contribution < -0.4 is 4.74 Å². The third-order valence-corrected chi connectivity index (χ3v) is 16.9. The van der Waals surface area contributed by atoms with Crippen molar-refractivity contribution in [3.63, 3.8) is 0 Å². The van der Waals surface area contributed by atoms with E-state index in [1.165, 1.54) is 89.7 Å². The molecule has 0 aliphatic heterocycles. The lowest BCUT2D eigenvalue weighted by Gasteiger charge is -2.45. The molecule has 0 saturated heterocycles. The van der Waals surface area contributed by atoms with E-state index in [9.17, 15) is 9.59 Å². The van der Waals surface area contributed by atoms with Crippen LogP contribution in [0.5, 0.6) is 5.75 Å². The fourth-order valence-electron chi connectivity index (χ4n) is 11.1. The van der Waals surface area contributed by atoms with Gasteiger partial charge in [0.05, 0.1) is 13.2 Å². The predicted molar refractivity (Wildman–Crippen MR) is 263 cm³/mol. The highest BCUT2D eigenvalue weighted by Gasteiger charge is 2.71. The molecular formula is C57H58O4S2. The van der Waals surface area contributed by atoms with Crippen LogP contribution in [0.2, 0.25) is 0 Å². The molecule has 6 heteroatoms. The minimum atomic E-state index is -0.302. The van der Waals surface area contributed by atoms with Crippen LogP contribution in [0.1, 0.15) is 102 Å². The zero-order valence-corrected chi connectivity index (χ0v) is 38.9. The molecule has 0 amide bonds. The summed E-state index contributed by atoms with van der Waals surface area (Å²) in [6, 6.07) is 40.8. The van der Waals surface area contributed by atoms with Gasteiger partial charge in [0.1, 0.15) is 5.75 Å². The number of ketones is 1. The van der Waals surface area contributed by atoms with Crippen molar-refractivity contribution in [2.75, 3.05) is 13.2 Å². The van der Waals surface area contributed by atoms with E-state index in [1.54, 1.807) is 13.8 Å². The maximum absolute atomic E-state index is 12.3. The molecule has 0 radical (unpaired) electrons. The van der Waals surface area contributed by atoms with Gasteiger partial charge >= 0.3 is 5.97 Å². The van der Waals surface area contributed by atoms with E-state index < -0.39 is 0 Å². The third kappa shape index (κ3) is 7.88. The van der Waals surface area contributed by atoms with Crippen molar-refractivity contribution in [1.29, 1.82) is 0 Å². The second-order valence-corrected chi connectivity index (χ2v) is 21.0. The largest absolute Gasteiger partial charge is 0.494 e. The Morgan fingerprint density at radius 3 is 1.49 bits per heavy atom.